The zero-order chi connectivity index (χ0) is 9.97. The minimum Gasteiger partial charge on any atom is -0.507 e. The van der Waals surface area contributed by atoms with Crippen LogP contribution in [0.3, 0.4) is 0 Å². The molecule has 0 amide bonds. The lowest BCUT2D eigenvalue weighted by Gasteiger charge is -1.99. The van der Waals surface area contributed by atoms with Crippen LogP contribution in [0.4, 0.5) is 0 Å². The van der Waals surface area contributed by atoms with Crippen LogP contribution >= 0.6 is 11.3 Å². The Morgan fingerprint density at radius 3 is 2.71 bits per heavy atom. The Morgan fingerprint density at radius 1 is 1.29 bits per heavy atom. The number of carbonyl (C=O) groups is 1. The quantitative estimate of drug-likeness (QED) is 0.763. The third-order valence-electron chi connectivity index (χ3n) is 1.95. The predicted octanol–water partition coefficient (Wildman–Crippen LogP) is 2.93. The fraction of sp³-hybridized carbons (Fsp3) is 0. The second-order valence-electron chi connectivity index (χ2n) is 2.87. The number of hydrogen-bond acceptors (Lipinski definition) is 3. The number of hydrogen-bond donors (Lipinski definition) is 1. The van der Waals surface area contributed by atoms with Gasteiger partial charge >= 0.3 is 0 Å². The van der Waals surface area contributed by atoms with Gasteiger partial charge in [-0.3, -0.25) is 4.79 Å². The highest BCUT2D eigenvalue weighted by Gasteiger charge is 2.05. The van der Waals surface area contributed by atoms with Gasteiger partial charge in [0.15, 0.2) is 6.29 Å². The van der Waals surface area contributed by atoms with Crippen molar-refractivity contribution < 1.29 is 9.90 Å². The molecule has 0 spiro atoms. The van der Waals surface area contributed by atoms with E-state index in [1.807, 2.05) is 17.5 Å². The fourth-order valence-corrected chi connectivity index (χ4v) is 1.98. The molecule has 1 N–H and O–H groups in total. The molecular formula is C11H8O2S. The van der Waals surface area contributed by atoms with Crippen molar-refractivity contribution in [1.82, 2.24) is 0 Å². The summed E-state index contributed by atoms with van der Waals surface area (Å²) in [6, 6.07) is 8.85. The van der Waals surface area contributed by atoms with Crippen LogP contribution in [0.5, 0.6) is 5.75 Å². The van der Waals surface area contributed by atoms with E-state index in [0.717, 1.165) is 17.4 Å². The topological polar surface area (TPSA) is 37.3 Å². The van der Waals surface area contributed by atoms with Crippen LogP contribution in [-0.4, -0.2) is 11.4 Å². The molecule has 0 aliphatic heterocycles. The van der Waals surface area contributed by atoms with Gasteiger partial charge in [0, 0.05) is 5.56 Å². The number of aldehydes is 1. The van der Waals surface area contributed by atoms with Crippen molar-refractivity contribution in [2.45, 2.75) is 0 Å². The lowest BCUT2D eigenvalue weighted by Crippen LogP contribution is -1.74. The molecule has 0 aliphatic carbocycles. The first-order valence-electron chi connectivity index (χ1n) is 4.13. The highest BCUT2D eigenvalue weighted by Crippen LogP contribution is 2.31. The summed E-state index contributed by atoms with van der Waals surface area (Å²) in [6.07, 6.45) is 0.814. The second kappa shape index (κ2) is 3.64. The summed E-state index contributed by atoms with van der Waals surface area (Å²) in [5, 5.41) is 11.4. The molecule has 0 saturated heterocycles. The van der Waals surface area contributed by atoms with Crippen molar-refractivity contribution in [2.75, 3.05) is 0 Å². The SMILES string of the molecule is O=Cc1cc(-c2ccccc2O)cs1. The fourth-order valence-electron chi connectivity index (χ4n) is 1.27. The Hall–Kier alpha value is -1.61. The molecule has 0 fully saturated rings. The lowest BCUT2D eigenvalue weighted by molar-refractivity contribution is 0.112. The Kier molecular flexibility index (Phi) is 2.33. The molecule has 1 aromatic heterocycles. The minimum atomic E-state index is 0.239. The first kappa shape index (κ1) is 8.97. The number of rotatable bonds is 2. The summed E-state index contributed by atoms with van der Waals surface area (Å²) < 4.78 is 0. The first-order chi connectivity index (χ1) is 6.81. The Bertz CT molecular complexity index is 460. The van der Waals surface area contributed by atoms with E-state index in [2.05, 4.69) is 0 Å². The van der Waals surface area contributed by atoms with E-state index in [-0.39, 0.29) is 5.75 Å². The zero-order valence-electron chi connectivity index (χ0n) is 7.31. The van der Waals surface area contributed by atoms with Gasteiger partial charge in [-0.2, -0.15) is 0 Å². The van der Waals surface area contributed by atoms with E-state index in [1.165, 1.54) is 11.3 Å². The highest BCUT2D eigenvalue weighted by molar-refractivity contribution is 7.12. The van der Waals surface area contributed by atoms with Crippen LogP contribution in [-0.2, 0) is 0 Å². The average Bonchev–Trinajstić information content (AvgIpc) is 2.67. The monoisotopic (exact) mass is 204 g/mol. The van der Waals surface area contributed by atoms with E-state index < -0.39 is 0 Å². The molecule has 14 heavy (non-hydrogen) atoms. The smallest absolute Gasteiger partial charge is 0.160 e. The summed E-state index contributed by atoms with van der Waals surface area (Å²) in [7, 11) is 0. The maximum atomic E-state index is 10.5. The molecule has 0 unspecified atom stereocenters. The number of para-hydroxylation sites is 1. The van der Waals surface area contributed by atoms with Crippen molar-refractivity contribution in [3.05, 3.63) is 40.6 Å². The molecule has 1 aromatic carbocycles. The molecule has 0 radical (unpaired) electrons. The third-order valence-corrected chi connectivity index (χ3v) is 2.81. The molecule has 0 atom stereocenters. The van der Waals surface area contributed by atoms with Gasteiger partial charge in [0.1, 0.15) is 5.75 Å². The van der Waals surface area contributed by atoms with Crippen LogP contribution in [0.2, 0.25) is 0 Å². The van der Waals surface area contributed by atoms with E-state index in [4.69, 9.17) is 0 Å². The average molecular weight is 204 g/mol. The van der Waals surface area contributed by atoms with E-state index in [0.29, 0.717) is 4.88 Å². The van der Waals surface area contributed by atoms with E-state index in [9.17, 15) is 9.90 Å². The Balaban J connectivity index is 2.49. The predicted molar refractivity (Wildman–Crippen MR) is 56.8 cm³/mol. The second-order valence-corrected chi connectivity index (χ2v) is 3.82. The molecule has 3 heteroatoms. The number of aromatic hydroxyl groups is 1. The van der Waals surface area contributed by atoms with E-state index >= 15 is 0 Å². The summed E-state index contributed by atoms with van der Waals surface area (Å²) in [5.41, 5.74) is 1.65. The summed E-state index contributed by atoms with van der Waals surface area (Å²) in [6.45, 7) is 0. The molecule has 2 rings (SSSR count). The van der Waals surface area contributed by atoms with Gasteiger partial charge in [0.25, 0.3) is 0 Å². The number of phenols is 1. The summed E-state index contributed by atoms with van der Waals surface area (Å²) in [4.78, 5) is 11.2. The Morgan fingerprint density at radius 2 is 2.07 bits per heavy atom. The number of thiophene rings is 1. The van der Waals surface area contributed by atoms with Crippen LogP contribution < -0.4 is 0 Å². The zero-order valence-corrected chi connectivity index (χ0v) is 8.12. The molecule has 2 nitrogen and oxygen atoms in total. The molecule has 70 valence electrons. The van der Waals surface area contributed by atoms with E-state index in [1.54, 1.807) is 18.2 Å². The van der Waals surface area contributed by atoms with Crippen LogP contribution in [0, 0.1) is 0 Å². The molecular weight excluding hydrogens is 196 g/mol. The largest absolute Gasteiger partial charge is 0.507 e. The van der Waals surface area contributed by atoms with Gasteiger partial charge in [-0.15, -0.1) is 11.3 Å². The van der Waals surface area contributed by atoms with Gasteiger partial charge in [-0.1, -0.05) is 18.2 Å². The minimum absolute atomic E-state index is 0.239. The van der Waals surface area contributed by atoms with Crippen molar-refractivity contribution in [3.63, 3.8) is 0 Å². The first-order valence-corrected chi connectivity index (χ1v) is 5.01. The van der Waals surface area contributed by atoms with Crippen LogP contribution in [0.1, 0.15) is 9.67 Å². The Labute approximate surface area is 85.4 Å². The molecule has 0 bridgehead atoms. The van der Waals surface area contributed by atoms with Crippen molar-refractivity contribution in [1.29, 1.82) is 0 Å². The van der Waals surface area contributed by atoms with Crippen LogP contribution in [0.25, 0.3) is 11.1 Å². The molecule has 1 heterocycles. The van der Waals surface area contributed by atoms with Gasteiger partial charge in [0.05, 0.1) is 4.88 Å². The lowest BCUT2D eigenvalue weighted by atomic mass is 10.1. The third kappa shape index (κ3) is 1.54. The number of phenolic OH excluding ortho intramolecular Hbond substituents is 1. The highest BCUT2D eigenvalue weighted by atomic mass is 32.1. The van der Waals surface area contributed by atoms with Gasteiger partial charge in [0.2, 0.25) is 0 Å². The van der Waals surface area contributed by atoms with Crippen molar-refractivity contribution >= 4 is 17.6 Å². The van der Waals surface area contributed by atoms with Gasteiger partial charge < -0.3 is 5.11 Å². The molecule has 2 aromatic rings. The maximum absolute atomic E-state index is 10.5. The van der Waals surface area contributed by atoms with Crippen molar-refractivity contribution in [3.8, 4) is 16.9 Å². The van der Waals surface area contributed by atoms with Gasteiger partial charge in [-0.05, 0) is 23.1 Å². The molecule has 0 saturated carbocycles. The maximum Gasteiger partial charge on any atom is 0.160 e. The number of benzene rings is 1. The number of carbonyl (C=O) groups excluding carboxylic acids is 1. The van der Waals surface area contributed by atoms with Crippen LogP contribution in [0.15, 0.2) is 35.7 Å². The molecule has 0 aliphatic rings. The van der Waals surface area contributed by atoms with Crippen molar-refractivity contribution in [2.24, 2.45) is 0 Å². The standard InChI is InChI=1S/C11H8O2S/c12-6-9-5-8(7-14-9)10-3-1-2-4-11(10)13/h1-7,13H. The summed E-state index contributed by atoms with van der Waals surface area (Å²) in [5.74, 6) is 0.239. The normalized spacial score (nSPS) is 10.0. The van der Waals surface area contributed by atoms with Gasteiger partial charge in [-0.25, -0.2) is 0 Å². The summed E-state index contributed by atoms with van der Waals surface area (Å²) >= 11 is 1.37.